The Morgan fingerprint density at radius 2 is 1.86 bits per heavy atom. The highest BCUT2D eigenvalue weighted by Crippen LogP contribution is 2.33. The first-order chi connectivity index (χ1) is 9.90. The topological polar surface area (TPSA) is 9.23 Å². The third kappa shape index (κ3) is 3.76. The van der Waals surface area contributed by atoms with Crippen LogP contribution in [-0.2, 0) is 12.8 Å². The Hall–Kier alpha value is -2.48. The van der Waals surface area contributed by atoms with Crippen molar-refractivity contribution in [2.45, 2.75) is 12.8 Å². The first kappa shape index (κ1) is 14.9. The van der Waals surface area contributed by atoms with Gasteiger partial charge in [0.25, 0.3) is 0 Å². The number of hydrogen-bond donors (Lipinski definition) is 0. The molecule has 0 aliphatic heterocycles. The van der Waals surface area contributed by atoms with Gasteiger partial charge < -0.3 is 4.74 Å². The van der Waals surface area contributed by atoms with E-state index in [-0.39, 0.29) is 12.2 Å². The number of terminal acetylenes is 1. The minimum atomic E-state index is -4.64. The molecule has 0 amide bonds. The second-order valence-corrected chi connectivity index (χ2v) is 4.26. The van der Waals surface area contributed by atoms with Crippen LogP contribution < -0.4 is 4.74 Å². The molecule has 0 unspecified atom stereocenters. The van der Waals surface area contributed by atoms with Gasteiger partial charge in [-0.1, -0.05) is 18.1 Å². The smallest absolute Gasteiger partial charge is 0.416 e. The zero-order valence-electron chi connectivity index (χ0n) is 10.7. The molecular weight excluding hydrogens is 284 g/mol. The van der Waals surface area contributed by atoms with Crippen molar-refractivity contribution in [2.75, 3.05) is 0 Å². The summed E-state index contributed by atoms with van der Waals surface area (Å²) in [6.45, 7) is -0.330. The molecule has 2 rings (SSSR count). The lowest BCUT2D eigenvalue weighted by Crippen LogP contribution is -2.11. The molecule has 0 radical (unpaired) electrons. The van der Waals surface area contributed by atoms with Crippen molar-refractivity contribution < 1.29 is 22.3 Å². The zero-order chi connectivity index (χ0) is 15.5. The van der Waals surface area contributed by atoms with E-state index in [0.29, 0.717) is 17.4 Å². The molecule has 0 atom stereocenters. The molecule has 1 nitrogen and oxygen atoms in total. The van der Waals surface area contributed by atoms with E-state index in [0.717, 1.165) is 12.1 Å². The third-order valence-electron chi connectivity index (χ3n) is 2.77. The molecule has 0 aromatic heterocycles. The highest BCUT2D eigenvalue weighted by molar-refractivity contribution is 5.38. The normalized spacial score (nSPS) is 11.0. The van der Waals surface area contributed by atoms with Crippen LogP contribution in [0.3, 0.4) is 0 Å². The summed E-state index contributed by atoms with van der Waals surface area (Å²) in [6.07, 6.45) is 0.590. The van der Waals surface area contributed by atoms with E-state index >= 15 is 0 Å². The highest BCUT2D eigenvalue weighted by atomic mass is 19.4. The number of hydrogen-bond acceptors (Lipinski definition) is 1. The van der Waals surface area contributed by atoms with Gasteiger partial charge in [-0.3, -0.25) is 0 Å². The van der Waals surface area contributed by atoms with Crippen LogP contribution in [0.25, 0.3) is 0 Å². The van der Waals surface area contributed by atoms with E-state index in [1.807, 2.05) is 0 Å². The van der Waals surface area contributed by atoms with E-state index in [4.69, 9.17) is 11.2 Å². The number of alkyl halides is 3. The predicted octanol–water partition coefficient (Wildman–Crippen LogP) is 4.40. The molecular formula is C16H10F4O. The summed E-state index contributed by atoms with van der Waals surface area (Å²) < 4.78 is 56.7. The molecule has 0 heterocycles. The van der Waals surface area contributed by atoms with Gasteiger partial charge in [-0.15, -0.1) is 6.42 Å². The quantitative estimate of drug-likeness (QED) is 0.602. The molecule has 0 saturated heterocycles. The lowest BCUT2D eigenvalue weighted by atomic mass is 10.1. The van der Waals surface area contributed by atoms with Gasteiger partial charge in [-0.25, -0.2) is 4.39 Å². The molecule has 0 saturated carbocycles. The van der Waals surface area contributed by atoms with Crippen molar-refractivity contribution in [3.63, 3.8) is 0 Å². The summed E-state index contributed by atoms with van der Waals surface area (Å²) in [4.78, 5) is 0. The lowest BCUT2D eigenvalue weighted by molar-refractivity contribution is -0.138. The van der Waals surface area contributed by atoms with Gasteiger partial charge in [-0.2, -0.15) is 13.2 Å². The van der Waals surface area contributed by atoms with Crippen molar-refractivity contribution in [1.82, 2.24) is 0 Å². The van der Waals surface area contributed by atoms with Gasteiger partial charge in [0.1, 0.15) is 18.2 Å². The molecule has 2 aromatic carbocycles. The molecule has 0 aliphatic rings. The van der Waals surface area contributed by atoms with E-state index in [9.17, 15) is 17.6 Å². The first-order valence-corrected chi connectivity index (χ1v) is 5.95. The Labute approximate surface area is 119 Å². The fraction of sp³-hybridized carbons (Fsp3) is 0.125. The molecule has 0 bridgehead atoms. The SMILES string of the molecule is C#Cc1cccc(OCc2ccc(F)cc2C(F)(F)F)c1. The predicted molar refractivity (Wildman–Crippen MR) is 70.1 cm³/mol. The van der Waals surface area contributed by atoms with Crippen molar-refractivity contribution >= 4 is 0 Å². The first-order valence-electron chi connectivity index (χ1n) is 5.95. The lowest BCUT2D eigenvalue weighted by Gasteiger charge is -2.14. The van der Waals surface area contributed by atoms with Crippen LogP contribution in [0.2, 0.25) is 0 Å². The van der Waals surface area contributed by atoms with Crippen LogP contribution in [0.4, 0.5) is 17.6 Å². The van der Waals surface area contributed by atoms with E-state index in [1.54, 1.807) is 18.2 Å². The Morgan fingerprint density at radius 3 is 2.52 bits per heavy atom. The molecule has 0 fully saturated rings. The Balaban J connectivity index is 2.22. The van der Waals surface area contributed by atoms with Crippen molar-refractivity contribution in [1.29, 1.82) is 0 Å². The summed E-state index contributed by atoms with van der Waals surface area (Å²) in [5.74, 6) is 1.80. The minimum Gasteiger partial charge on any atom is -0.489 e. The standard InChI is InChI=1S/C16H10F4O/c1-2-11-4-3-5-14(8-11)21-10-12-6-7-13(17)9-15(12)16(18,19)20/h1,3-9H,10H2. The Morgan fingerprint density at radius 1 is 1.10 bits per heavy atom. The van der Waals surface area contributed by atoms with E-state index in [1.165, 1.54) is 6.07 Å². The molecule has 0 aliphatic carbocycles. The Bertz CT molecular complexity index is 683. The largest absolute Gasteiger partial charge is 0.489 e. The van der Waals surface area contributed by atoms with Gasteiger partial charge in [0, 0.05) is 11.1 Å². The minimum absolute atomic E-state index is 0.144. The van der Waals surface area contributed by atoms with Crippen molar-refractivity contribution in [3.05, 3.63) is 65.0 Å². The van der Waals surface area contributed by atoms with Crippen LogP contribution in [0.1, 0.15) is 16.7 Å². The maximum Gasteiger partial charge on any atom is 0.416 e. The van der Waals surface area contributed by atoms with Gasteiger partial charge in [0.15, 0.2) is 0 Å². The molecule has 2 aromatic rings. The van der Waals surface area contributed by atoms with Gasteiger partial charge >= 0.3 is 6.18 Å². The number of rotatable bonds is 3. The molecule has 21 heavy (non-hydrogen) atoms. The van der Waals surface area contributed by atoms with Crippen LogP contribution in [0.15, 0.2) is 42.5 Å². The van der Waals surface area contributed by atoms with Crippen molar-refractivity contribution in [3.8, 4) is 18.1 Å². The fourth-order valence-electron chi connectivity index (χ4n) is 1.78. The Kier molecular flexibility index (Phi) is 4.18. The van der Waals surface area contributed by atoms with Gasteiger partial charge in [-0.05, 0) is 30.3 Å². The van der Waals surface area contributed by atoms with Gasteiger partial charge in [0.2, 0.25) is 0 Å². The second kappa shape index (κ2) is 5.88. The molecule has 5 heteroatoms. The average molecular weight is 294 g/mol. The van der Waals surface area contributed by atoms with Crippen LogP contribution in [0, 0.1) is 18.2 Å². The summed E-state index contributed by atoms with van der Waals surface area (Å²) in [7, 11) is 0. The monoisotopic (exact) mass is 294 g/mol. The summed E-state index contributed by atoms with van der Waals surface area (Å²) in [6, 6.07) is 8.91. The van der Waals surface area contributed by atoms with E-state index in [2.05, 4.69) is 5.92 Å². The van der Waals surface area contributed by atoms with Crippen LogP contribution in [0.5, 0.6) is 5.75 Å². The van der Waals surface area contributed by atoms with Crippen LogP contribution >= 0.6 is 0 Å². The molecule has 108 valence electrons. The molecule has 0 spiro atoms. The van der Waals surface area contributed by atoms with Crippen molar-refractivity contribution in [2.24, 2.45) is 0 Å². The molecule has 0 N–H and O–H groups in total. The zero-order valence-corrected chi connectivity index (χ0v) is 10.7. The fourth-order valence-corrected chi connectivity index (χ4v) is 1.78. The number of ether oxygens (including phenoxy) is 1. The summed E-state index contributed by atoms with van der Waals surface area (Å²) in [5, 5.41) is 0. The summed E-state index contributed by atoms with van der Waals surface area (Å²) >= 11 is 0. The maximum absolute atomic E-state index is 13.0. The maximum atomic E-state index is 13.0. The van der Waals surface area contributed by atoms with Gasteiger partial charge in [0.05, 0.1) is 5.56 Å². The van der Waals surface area contributed by atoms with E-state index < -0.39 is 17.6 Å². The summed E-state index contributed by atoms with van der Waals surface area (Å²) in [5.41, 5.74) is -0.631. The highest BCUT2D eigenvalue weighted by Gasteiger charge is 2.33. The second-order valence-electron chi connectivity index (χ2n) is 4.26. The number of halogens is 4. The number of benzene rings is 2. The van der Waals surface area contributed by atoms with Crippen LogP contribution in [-0.4, -0.2) is 0 Å². The third-order valence-corrected chi connectivity index (χ3v) is 2.77. The average Bonchev–Trinajstić information content (AvgIpc) is 2.45.